The van der Waals surface area contributed by atoms with Crippen molar-refractivity contribution >= 4 is 46.6 Å². The fourth-order valence-corrected chi connectivity index (χ4v) is 1.87. The van der Waals surface area contributed by atoms with Crippen molar-refractivity contribution in [1.82, 2.24) is 5.32 Å². The highest BCUT2D eigenvalue weighted by atomic mass is 127. The molecule has 16 heavy (non-hydrogen) atoms. The van der Waals surface area contributed by atoms with Gasteiger partial charge in [0.05, 0.1) is 0 Å². The normalized spacial score (nSPS) is 9.44. The molecule has 0 saturated carbocycles. The zero-order chi connectivity index (χ0) is 11.3. The van der Waals surface area contributed by atoms with Gasteiger partial charge >= 0.3 is 0 Å². The summed E-state index contributed by atoms with van der Waals surface area (Å²) in [4.78, 5) is 11.5. The van der Waals surface area contributed by atoms with Gasteiger partial charge in [0.2, 0.25) is 5.91 Å². The summed E-state index contributed by atoms with van der Waals surface area (Å²) in [6.07, 6.45) is 0.502. The number of carbonyl (C=O) groups is 1. The Labute approximate surface area is 116 Å². The number of nitrogens with one attached hydrogen (secondary N) is 2. The number of rotatable bonds is 4. The number of anilines is 1. The van der Waals surface area contributed by atoms with E-state index >= 15 is 0 Å². The molecule has 0 aliphatic carbocycles. The minimum atomic E-state index is 0. The number of hydrogen-bond donors (Lipinski definition) is 2. The molecule has 0 aromatic heterocycles. The van der Waals surface area contributed by atoms with Crippen LogP contribution >= 0.6 is 35.0 Å². The van der Waals surface area contributed by atoms with E-state index in [0.717, 1.165) is 11.3 Å². The molecule has 0 atom stereocenters. The Kier molecular flexibility index (Phi) is 7.70. The fourth-order valence-electron chi connectivity index (χ4n) is 1.22. The van der Waals surface area contributed by atoms with Crippen LogP contribution in [0.25, 0.3) is 0 Å². The van der Waals surface area contributed by atoms with Crippen molar-refractivity contribution in [2.75, 3.05) is 18.9 Å². The molecule has 0 spiro atoms. The van der Waals surface area contributed by atoms with Gasteiger partial charge in [-0.3, -0.25) is 4.79 Å². The Morgan fingerprint density at radius 1 is 1.44 bits per heavy atom. The minimum absolute atomic E-state index is 0. The third-order valence-electron chi connectivity index (χ3n) is 2.06. The molecule has 1 amide bonds. The molecule has 90 valence electrons. The Hall–Kier alpha value is -0.330. The summed E-state index contributed by atoms with van der Waals surface area (Å²) in [7, 11) is 1.84. The average molecular weight is 355 g/mol. The lowest BCUT2D eigenvalue weighted by molar-refractivity contribution is -0.116. The van der Waals surface area contributed by atoms with Crippen LogP contribution in [0.15, 0.2) is 18.2 Å². The first-order valence-electron chi connectivity index (χ1n) is 4.84. The largest absolute Gasteiger partial charge is 0.326 e. The number of benzene rings is 1. The summed E-state index contributed by atoms with van der Waals surface area (Å²) in [6, 6.07) is 5.98. The molecule has 3 nitrogen and oxygen atoms in total. The van der Waals surface area contributed by atoms with E-state index in [1.807, 2.05) is 32.2 Å². The maximum atomic E-state index is 11.5. The molecule has 1 rings (SSSR count). The maximum absolute atomic E-state index is 11.5. The SMILES string of the molecule is CNCCC(=O)Nc1ccc(I)cc1C.Cl. The van der Waals surface area contributed by atoms with Gasteiger partial charge < -0.3 is 10.6 Å². The minimum Gasteiger partial charge on any atom is -0.326 e. The summed E-state index contributed by atoms with van der Waals surface area (Å²) in [5.74, 6) is 0.0497. The summed E-state index contributed by atoms with van der Waals surface area (Å²) in [5, 5.41) is 5.84. The zero-order valence-electron chi connectivity index (χ0n) is 9.34. The van der Waals surface area contributed by atoms with Crippen LogP contribution in [0.4, 0.5) is 5.69 Å². The van der Waals surface area contributed by atoms with Crippen LogP contribution in [0, 0.1) is 10.5 Å². The molecule has 5 heteroatoms. The second-order valence-electron chi connectivity index (χ2n) is 3.36. The van der Waals surface area contributed by atoms with Gasteiger partial charge in [-0.05, 0) is 60.3 Å². The molecular weight excluding hydrogens is 338 g/mol. The lowest BCUT2D eigenvalue weighted by Gasteiger charge is -2.08. The Morgan fingerprint density at radius 3 is 2.69 bits per heavy atom. The monoisotopic (exact) mass is 354 g/mol. The Balaban J connectivity index is 0.00000225. The number of amides is 1. The Bertz CT molecular complexity index is 358. The van der Waals surface area contributed by atoms with Crippen LogP contribution < -0.4 is 10.6 Å². The van der Waals surface area contributed by atoms with Crippen molar-refractivity contribution in [2.24, 2.45) is 0 Å². The van der Waals surface area contributed by atoms with Crippen molar-refractivity contribution in [2.45, 2.75) is 13.3 Å². The summed E-state index contributed by atoms with van der Waals surface area (Å²) >= 11 is 2.26. The first-order chi connectivity index (χ1) is 7.13. The predicted molar refractivity (Wildman–Crippen MR) is 78.3 cm³/mol. The lowest BCUT2D eigenvalue weighted by Crippen LogP contribution is -2.19. The van der Waals surface area contributed by atoms with Gasteiger partial charge in [-0.15, -0.1) is 12.4 Å². The van der Waals surface area contributed by atoms with Crippen LogP contribution in [0.3, 0.4) is 0 Å². The first kappa shape index (κ1) is 15.7. The van der Waals surface area contributed by atoms with Crippen LogP contribution in [-0.2, 0) is 4.79 Å². The molecule has 0 radical (unpaired) electrons. The van der Waals surface area contributed by atoms with Gasteiger partial charge in [0, 0.05) is 22.2 Å². The maximum Gasteiger partial charge on any atom is 0.225 e. The standard InChI is InChI=1S/C11H15IN2O.ClH/c1-8-7-9(12)3-4-10(8)14-11(15)5-6-13-2;/h3-4,7,13H,5-6H2,1-2H3,(H,14,15);1H. The number of carbonyl (C=O) groups excluding carboxylic acids is 1. The second kappa shape index (κ2) is 7.86. The molecule has 1 aromatic rings. The predicted octanol–water partition coefficient (Wildman–Crippen LogP) is 2.57. The van der Waals surface area contributed by atoms with Crippen LogP contribution in [0.5, 0.6) is 0 Å². The van der Waals surface area contributed by atoms with Gasteiger partial charge in [0.15, 0.2) is 0 Å². The van der Waals surface area contributed by atoms with E-state index < -0.39 is 0 Å². The highest BCUT2D eigenvalue weighted by molar-refractivity contribution is 14.1. The molecule has 0 saturated heterocycles. The highest BCUT2D eigenvalue weighted by Crippen LogP contribution is 2.17. The van der Waals surface area contributed by atoms with E-state index in [-0.39, 0.29) is 18.3 Å². The summed E-state index contributed by atoms with van der Waals surface area (Å²) in [6.45, 7) is 2.70. The summed E-state index contributed by atoms with van der Waals surface area (Å²) < 4.78 is 1.18. The zero-order valence-corrected chi connectivity index (χ0v) is 12.3. The van der Waals surface area contributed by atoms with Crippen molar-refractivity contribution in [3.63, 3.8) is 0 Å². The van der Waals surface area contributed by atoms with E-state index in [9.17, 15) is 4.79 Å². The molecular formula is C11H16ClIN2O. The second-order valence-corrected chi connectivity index (χ2v) is 4.61. The Morgan fingerprint density at radius 2 is 2.12 bits per heavy atom. The molecule has 0 unspecified atom stereocenters. The van der Waals surface area contributed by atoms with Crippen molar-refractivity contribution in [1.29, 1.82) is 0 Å². The third-order valence-corrected chi connectivity index (χ3v) is 2.74. The van der Waals surface area contributed by atoms with E-state index in [2.05, 4.69) is 33.2 Å². The third kappa shape index (κ3) is 5.14. The van der Waals surface area contributed by atoms with Crippen LogP contribution in [0.2, 0.25) is 0 Å². The molecule has 0 aliphatic heterocycles. The topological polar surface area (TPSA) is 41.1 Å². The van der Waals surface area contributed by atoms with E-state index in [1.54, 1.807) is 0 Å². The molecule has 0 fully saturated rings. The van der Waals surface area contributed by atoms with Gasteiger partial charge in [-0.25, -0.2) is 0 Å². The first-order valence-corrected chi connectivity index (χ1v) is 5.92. The van der Waals surface area contributed by atoms with E-state index in [4.69, 9.17) is 0 Å². The molecule has 1 aromatic carbocycles. The quantitative estimate of drug-likeness (QED) is 0.816. The van der Waals surface area contributed by atoms with Crippen molar-refractivity contribution in [3.05, 3.63) is 27.3 Å². The average Bonchev–Trinajstić information content (AvgIpc) is 2.19. The highest BCUT2D eigenvalue weighted by Gasteiger charge is 2.03. The molecule has 0 bridgehead atoms. The van der Waals surface area contributed by atoms with Gasteiger partial charge in [0.1, 0.15) is 0 Å². The van der Waals surface area contributed by atoms with Crippen molar-refractivity contribution in [3.8, 4) is 0 Å². The number of aryl methyl sites for hydroxylation is 1. The van der Waals surface area contributed by atoms with Gasteiger partial charge in [0.25, 0.3) is 0 Å². The van der Waals surface area contributed by atoms with Crippen molar-refractivity contribution < 1.29 is 4.79 Å². The smallest absolute Gasteiger partial charge is 0.225 e. The van der Waals surface area contributed by atoms with Crippen LogP contribution in [-0.4, -0.2) is 19.5 Å². The van der Waals surface area contributed by atoms with Crippen LogP contribution in [0.1, 0.15) is 12.0 Å². The number of hydrogen-bond acceptors (Lipinski definition) is 2. The van der Waals surface area contributed by atoms with Gasteiger partial charge in [-0.1, -0.05) is 0 Å². The molecule has 2 N–H and O–H groups in total. The van der Waals surface area contributed by atoms with Gasteiger partial charge in [-0.2, -0.15) is 0 Å². The summed E-state index contributed by atoms with van der Waals surface area (Å²) in [5.41, 5.74) is 2.00. The van der Waals surface area contributed by atoms with E-state index in [0.29, 0.717) is 13.0 Å². The number of halogens is 2. The molecule has 0 heterocycles. The fraction of sp³-hybridized carbons (Fsp3) is 0.364. The molecule has 0 aliphatic rings. The van der Waals surface area contributed by atoms with E-state index in [1.165, 1.54) is 3.57 Å². The lowest BCUT2D eigenvalue weighted by atomic mass is 10.2.